The molecule has 0 aliphatic rings. The number of hydrogen-bond donors (Lipinski definition) is 0. The second-order valence-electron chi connectivity index (χ2n) is 3.58. The highest BCUT2D eigenvalue weighted by atomic mass is 15.0. The zero-order valence-electron chi connectivity index (χ0n) is 9.09. The van der Waals surface area contributed by atoms with Gasteiger partial charge in [0.2, 0.25) is 0 Å². The van der Waals surface area contributed by atoms with Gasteiger partial charge in [0, 0.05) is 18.9 Å². The van der Waals surface area contributed by atoms with Gasteiger partial charge in [0.05, 0.1) is 12.0 Å². The van der Waals surface area contributed by atoms with Gasteiger partial charge in [-0.1, -0.05) is 6.07 Å². The van der Waals surface area contributed by atoms with E-state index in [4.69, 9.17) is 5.26 Å². The Morgan fingerprint density at radius 2 is 2.19 bits per heavy atom. The number of aromatic nitrogens is 3. The molecule has 0 saturated heterocycles. The molecule has 16 heavy (non-hydrogen) atoms. The number of pyridine rings is 1. The first-order valence-electron chi connectivity index (χ1n) is 5.11. The fourth-order valence-electron chi connectivity index (χ4n) is 1.64. The first-order chi connectivity index (χ1) is 7.81. The maximum atomic E-state index is 8.89. The van der Waals surface area contributed by atoms with E-state index in [1.165, 1.54) is 0 Å². The summed E-state index contributed by atoms with van der Waals surface area (Å²) in [4.78, 5) is 8.28. The molecule has 0 saturated carbocycles. The van der Waals surface area contributed by atoms with E-state index in [2.05, 4.69) is 16.0 Å². The Morgan fingerprint density at radius 1 is 1.31 bits per heavy atom. The van der Waals surface area contributed by atoms with Gasteiger partial charge in [0.25, 0.3) is 0 Å². The lowest BCUT2D eigenvalue weighted by Gasteiger charge is -2.02. The zero-order valence-corrected chi connectivity index (χ0v) is 9.09. The predicted molar refractivity (Wildman–Crippen MR) is 59.6 cm³/mol. The second-order valence-corrected chi connectivity index (χ2v) is 3.58. The van der Waals surface area contributed by atoms with E-state index in [1.54, 1.807) is 12.5 Å². The van der Waals surface area contributed by atoms with Crippen molar-refractivity contribution in [3.8, 4) is 6.07 Å². The summed E-state index contributed by atoms with van der Waals surface area (Å²) < 4.78 is 1.89. The summed E-state index contributed by atoms with van der Waals surface area (Å²) in [5.41, 5.74) is 2.51. The Kier molecular flexibility index (Phi) is 2.97. The van der Waals surface area contributed by atoms with Gasteiger partial charge in [-0.15, -0.1) is 0 Å². The molecule has 0 atom stereocenters. The molecule has 0 aliphatic carbocycles. The minimum Gasteiger partial charge on any atom is -0.336 e. The van der Waals surface area contributed by atoms with Crippen molar-refractivity contribution >= 4 is 0 Å². The molecule has 0 N–H and O–H groups in total. The van der Waals surface area contributed by atoms with Crippen molar-refractivity contribution in [1.82, 2.24) is 14.5 Å². The smallest absolute Gasteiger partial charge is 0.161 e. The third-order valence-electron chi connectivity index (χ3n) is 2.51. The van der Waals surface area contributed by atoms with Crippen molar-refractivity contribution in [2.45, 2.75) is 12.8 Å². The SMILES string of the molecule is Cn1cnc(C#N)c1CCc1ccccn1. The summed E-state index contributed by atoms with van der Waals surface area (Å²) in [5.74, 6) is 0. The van der Waals surface area contributed by atoms with Gasteiger partial charge in [-0.25, -0.2) is 4.98 Å². The molecule has 0 radical (unpaired) electrons. The van der Waals surface area contributed by atoms with Crippen molar-refractivity contribution in [3.05, 3.63) is 47.8 Å². The van der Waals surface area contributed by atoms with E-state index in [0.717, 1.165) is 24.2 Å². The third kappa shape index (κ3) is 2.09. The highest BCUT2D eigenvalue weighted by Gasteiger charge is 2.08. The topological polar surface area (TPSA) is 54.5 Å². The maximum absolute atomic E-state index is 8.89. The normalized spacial score (nSPS) is 10.0. The Labute approximate surface area is 94.2 Å². The fraction of sp³-hybridized carbons (Fsp3) is 0.250. The van der Waals surface area contributed by atoms with Crippen molar-refractivity contribution in [2.24, 2.45) is 7.05 Å². The highest BCUT2D eigenvalue weighted by molar-refractivity contribution is 5.27. The summed E-state index contributed by atoms with van der Waals surface area (Å²) in [7, 11) is 1.90. The van der Waals surface area contributed by atoms with Gasteiger partial charge in [-0.05, 0) is 25.0 Å². The average molecular weight is 212 g/mol. The molecule has 0 aromatic carbocycles. The van der Waals surface area contributed by atoms with Gasteiger partial charge in [0.1, 0.15) is 6.07 Å². The molecule has 2 aromatic rings. The van der Waals surface area contributed by atoms with Crippen LogP contribution in [0.25, 0.3) is 0 Å². The molecule has 0 aliphatic heterocycles. The summed E-state index contributed by atoms with van der Waals surface area (Å²) >= 11 is 0. The molecule has 0 fully saturated rings. The molecule has 2 rings (SSSR count). The van der Waals surface area contributed by atoms with Crippen LogP contribution >= 0.6 is 0 Å². The monoisotopic (exact) mass is 212 g/mol. The first kappa shape index (κ1) is 10.4. The van der Waals surface area contributed by atoms with E-state index in [9.17, 15) is 0 Å². The number of imidazole rings is 1. The van der Waals surface area contributed by atoms with E-state index >= 15 is 0 Å². The van der Waals surface area contributed by atoms with E-state index in [0.29, 0.717) is 5.69 Å². The molecular formula is C12H12N4. The second kappa shape index (κ2) is 4.58. The standard InChI is InChI=1S/C12H12N4/c1-16-9-15-11(8-13)12(16)6-5-10-4-2-3-7-14-10/h2-4,7,9H,5-6H2,1H3. The summed E-state index contributed by atoms with van der Waals surface area (Å²) in [6, 6.07) is 7.95. The average Bonchev–Trinajstić information content (AvgIpc) is 2.69. The molecule has 4 nitrogen and oxygen atoms in total. The number of aryl methyl sites for hydroxylation is 2. The summed E-state index contributed by atoms with van der Waals surface area (Å²) in [6.07, 6.45) is 5.07. The van der Waals surface area contributed by atoms with Gasteiger partial charge in [-0.2, -0.15) is 5.26 Å². The van der Waals surface area contributed by atoms with E-state index in [1.807, 2.05) is 29.8 Å². The maximum Gasteiger partial charge on any atom is 0.161 e. The van der Waals surface area contributed by atoms with Gasteiger partial charge in [0.15, 0.2) is 5.69 Å². The first-order valence-corrected chi connectivity index (χ1v) is 5.11. The van der Waals surface area contributed by atoms with E-state index in [-0.39, 0.29) is 0 Å². The Hall–Kier alpha value is -2.15. The van der Waals surface area contributed by atoms with Crippen molar-refractivity contribution in [1.29, 1.82) is 5.26 Å². The van der Waals surface area contributed by atoms with Crippen molar-refractivity contribution in [3.63, 3.8) is 0 Å². The Morgan fingerprint density at radius 3 is 2.88 bits per heavy atom. The number of nitrogens with zero attached hydrogens (tertiary/aromatic N) is 4. The molecule has 0 spiro atoms. The highest BCUT2D eigenvalue weighted by Crippen LogP contribution is 2.08. The summed E-state index contributed by atoms with van der Waals surface area (Å²) in [6.45, 7) is 0. The van der Waals surface area contributed by atoms with Gasteiger partial charge < -0.3 is 4.57 Å². The molecule has 0 amide bonds. The Balaban J connectivity index is 2.11. The van der Waals surface area contributed by atoms with Crippen LogP contribution in [0.5, 0.6) is 0 Å². The molecule has 4 heteroatoms. The van der Waals surface area contributed by atoms with Crippen LogP contribution in [0.15, 0.2) is 30.7 Å². The van der Waals surface area contributed by atoms with Gasteiger partial charge >= 0.3 is 0 Å². The fourth-order valence-corrected chi connectivity index (χ4v) is 1.64. The quantitative estimate of drug-likeness (QED) is 0.774. The van der Waals surface area contributed by atoms with Gasteiger partial charge in [-0.3, -0.25) is 4.98 Å². The zero-order chi connectivity index (χ0) is 11.4. The number of rotatable bonds is 3. The van der Waals surface area contributed by atoms with Crippen molar-refractivity contribution < 1.29 is 0 Å². The number of nitriles is 1. The minimum atomic E-state index is 0.512. The lowest BCUT2D eigenvalue weighted by molar-refractivity contribution is 0.786. The summed E-state index contributed by atoms with van der Waals surface area (Å²) in [5, 5.41) is 8.89. The lowest BCUT2D eigenvalue weighted by Crippen LogP contribution is -2.01. The molecule has 80 valence electrons. The van der Waals surface area contributed by atoms with Crippen LogP contribution in [0.4, 0.5) is 0 Å². The van der Waals surface area contributed by atoms with Crippen LogP contribution < -0.4 is 0 Å². The molecule has 2 heterocycles. The molecule has 2 aromatic heterocycles. The lowest BCUT2D eigenvalue weighted by atomic mass is 10.1. The van der Waals surface area contributed by atoms with Crippen LogP contribution in [0.1, 0.15) is 17.1 Å². The van der Waals surface area contributed by atoms with E-state index < -0.39 is 0 Å². The van der Waals surface area contributed by atoms with Crippen LogP contribution in [0.3, 0.4) is 0 Å². The van der Waals surface area contributed by atoms with Crippen LogP contribution in [0, 0.1) is 11.3 Å². The van der Waals surface area contributed by atoms with Crippen molar-refractivity contribution in [2.75, 3.05) is 0 Å². The van der Waals surface area contributed by atoms with Crippen LogP contribution in [-0.4, -0.2) is 14.5 Å². The third-order valence-corrected chi connectivity index (χ3v) is 2.51. The Bertz CT molecular complexity index is 508. The molecule has 0 unspecified atom stereocenters. The molecular weight excluding hydrogens is 200 g/mol. The minimum absolute atomic E-state index is 0.512. The molecule has 0 bridgehead atoms. The predicted octanol–water partition coefficient (Wildman–Crippen LogP) is 1.47. The van der Waals surface area contributed by atoms with Crippen LogP contribution in [-0.2, 0) is 19.9 Å². The largest absolute Gasteiger partial charge is 0.336 e. The van der Waals surface area contributed by atoms with Crippen LogP contribution in [0.2, 0.25) is 0 Å². The number of hydrogen-bond acceptors (Lipinski definition) is 3.